The second-order valence-corrected chi connectivity index (χ2v) is 5.34. The Morgan fingerprint density at radius 1 is 1.27 bits per heavy atom. The summed E-state index contributed by atoms with van der Waals surface area (Å²) < 4.78 is 5.31. The van der Waals surface area contributed by atoms with Gasteiger partial charge in [-0.25, -0.2) is 0 Å². The Morgan fingerprint density at radius 3 is 2.68 bits per heavy atom. The molecule has 1 aliphatic rings. The molecule has 122 valence electrons. The van der Waals surface area contributed by atoms with Gasteiger partial charge in [-0.05, 0) is 18.6 Å². The highest BCUT2D eigenvalue weighted by atomic mass is 16.5. The van der Waals surface area contributed by atoms with Crippen molar-refractivity contribution in [1.82, 2.24) is 15.1 Å². The summed E-state index contributed by atoms with van der Waals surface area (Å²) in [7, 11) is 0. The Balaban J connectivity index is 1.68. The summed E-state index contributed by atoms with van der Waals surface area (Å²) in [5.41, 5.74) is 0. The summed E-state index contributed by atoms with van der Waals surface area (Å²) in [6, 6.07) is 3.61. The van der Waals surface area contributed by atoms with Crippen molar-refractivity contribution in [3.63, 3.8) is 0 Å². The predicted octanol–water partition coefficient (Wildman–Crippen LogP) is 1.35. The summed E-state index contributed by atoms with van der Waals surface area (Å²) in [5, 5.41) is 14.1. The summed E-state index contributed by atoms with van der Waals surface area (Å²) in [6.45, 7) is 7.42. The molecule has 2 heterocycles. The number of hydrogen-bond donors (Lipinski definition) is 2. The SMILES string of the molecule is CCCCC(=O)Nc1ccc(NCCN2CCOCC2)nn1. The Kier molecular flexibility index (Phi) is 7.05. The zero-order valence-electron chi connectivity index (χ0n) is 13.2. The normalized spacial score (nSPS) is 15.5. The van der Waals surface area contributed by atoms with E-state index in [-0.39, 0.29) is 5.91 Å². The van der Waals surface area contributed by atoms with Crippen molar-refractivity contribution < 1.29 is 9.53 Å². The van der Waals surface area contributed by atoms with E-state index in [0.717, 1.165) is 58.1 Å². The minimum Gasteiger partial charge on any atom is -0.379 e. The third-order valence-corrected chi connectivity index (χ3v) is 3.53. The number of unbranched alkanes of at least 4 members (excludes halogenated alkanes) is 1. The average Bonchev–Trinajstić information content (AvgIpc) is 2.55. The maximum absolute atomic E-state index is 11.6. The first-order valence-corrected chi connectivity index (χ1v) is 7.95. The first kappa shape index (κ1) is 16.6. The number of nitrogens with zero attached hydrogens (tertiary/aromatic N) is 3. The van der Waals surface area contributed by atoms with Gasteiger partial charge in [-0.15, -0.1) is 10.2 Å². The van der Waals surface area contributed by atoms with Crippen molar-refractivity contribution in [1.29, 1.82) is 0 Å². The van der Waals surface area contributed by atoms with Crippen LogP contribution in [0.2, 0.25) is 0 Å². The number of anilines is 2. The number of morpholine rings is 1. The molecule has 1 fully saturated rings. The molecule has 1 amide bonds. The zero-order chi connectivity index (χ0) is 15.6. The fraction of sp³-hybridized carbons (Fsp3) is 0.667. The van der Waals surface area contributed by atoms with Crippen LogP contribution in [0.5, 0.6) is 0 Å². The van der Waals surface area contributed by atoms with Gasteiger partial charge in [0.05, 0.1) is 13.2 Å². The molecule has 0 aromatic carbocycles. The van der Waals surface area contributed by atoms with Gasteiger partial charge in [0.1, 0.15) is 5.82 Å². The molecule has 2 rings (SSSR count). The molecule has 1 aromatic rings. The van der Waals surface area contributed by atoms with Gasteiger partial charge in [0.2, 0.25) is 5.91 Å². The van der Waals surface area contributed by atoms with E-state index in [4.69, 9.17) is 4.74 Å². The van der Waals surface area contributed by atoms with Crippen LogP contribution in [0.25, 0.3) is 0 Å². The third kappa shape index (κ3) is 5.95. The Morgan fingerprint density at radius 2 is 2.00 bits per heavy atom. The van der Waals surface area contributed by atoms with Gasteiger partial charge in [0.25, 0.3) is 0 Å². The van der Waals surface area contributed by atoms with Crippen LogP contribution in [0.15, 0.2) is 12.1 Å². The van der Waals surface area contributed by atoms with Crippen LogP contribution in [-0.4, -0.2) is 60.4 Å². The van der Waals surface area contributed by atoms with Crippen molar-refractivity contribution in [2.24, 2.45) is 0 Å². The lowest BCUT2D eigenvalue weighted by molar-refractivity contribution is -0.116. The summed E-state index contributed by atoms with van der Waals surface area (Å²) in [4.78, 5) is 13.9. The minimum atomic E-state index is -0.0100. The van der Waals surface area contributed by atoms with E-state index in [0.29, 0.717) is 12.2 Å². The Bertz CT molecular complexity index is 446. The maximum atomic E-state index is 11.6. The lowest BCUT2D eigenvalue weighted by Gasteiger charge is -2.26. The molecular weight excluding hydrogens is 282 g/mol. The highest BCUT2D eigenvalue weighted by molar-refractivity contribution is 5.89. The second kappa shape index (κ2) is 9.32. The molecule has 1 saturated heterocycles. The molecule has 22 heavy (non-hydrogen) atoms. The fourth-order valence-electron chi connectivity index (χ4n) is 2.20. The lowest BCUT2D eigenvalue weighted by atomic mass is 10.2. The van der Waals surface area contributed by atoms with Crippen molar-refractivity contribution in [2.75, 3.05) is 50.0 Å². The smallest absolute Gasteiger partial charge is 0.225 e. The largest absolute Gasteiger partial charge is 0.379 e. The summed E-state index contributed by atoms with van der Waals surface area (Å²) >= 11 is 0. The van der Waals surface area contributed by atoms with Gasteiger partial charge in [0, 0.05) is 32.6 Å². The lowest BCUT2D eigenvalue weighted by Crippen LogP contribution is -2.39. The minimum absolute atomic E-state index is 0.0100. The molecule has 1 aliphatic heterocycles. The molecule has 0 bridgehead atoms. The molecule has 7 nitrogen and oxygen atoms in total. The number of carbonyl (C=O) groups excluding carboxylic acids is 1. The molecule has 0 saturated carbocycles. The van der Waals surface area contributed by atoms with Crippen LogP contribution in [0, 0.1) is 0 Å². The second-order valence-electron chi connectivity index (χ2n) is 5.34. The van der Waals surface area contributed by atoms with Crippen LogP contribution in [0.4, 0.5) is 11.6 Å². The quantitative estimate of drug-likeness (QED) is 0.755. The van der Waals surface area contributed by atoms with E-state index in [2.05, 4.69) is 32.7 Å². The molecular formula is C15H25N5O2. The van der Waals surface area contributed by atoms with Crippen LogP contribution >= 0.6 is 0 Å². The number of aromatic nitrogens is 2. The number of rotatable bonds is 8. The summed E-state index contributed by atoms with van der Waals surface area (Å²) in [5.74, 6) is 1.21. The van der Waals surface area contributed by atoms with Crippen LogP contribution in [-0.2, 0) is 9.53 Å². The standard InChI is InChI=1S/C15H25N5O2/c1-2-3-4-15(21)17-14-6-5-13(18-19-14)16-7-8-20-9-11-22-12-10-20/h5-6H,2-4,7-12H2,1H3,(H,16,18)(H,17,19,21). The topological polar surface area (TPSA) is 79.4 Å². The van der Waals surface area contributed by atoms with Crippen molar-refractivity contribution in [3.8, 4) is 0 Å². The maximum Gasteiger partial charge on any atom is 0.225 e. The van der Waals surface area contributed by atoms with Gasteiger partial charge >= 0.3 is 0 Å². The molecule has 0 unspecified atom stereocenters. The average molecular weight is 307 g/mol. The molecule has 1 aromatic heterocycles. The first-order valence-electron chi connectivity index (χ1n) is 7.95. The van der Waals surface area contributed by atoms with E-state index in [1.807, 2.05) is 6.07 Å². The van der Waals surface area contributed by atoms with Gasteiger partial charge in [-0.1, -0.05) is 13.3 Å². The molecule has 0 radical (unpaired) electrons. The molecule has 7 heteroatoms. The van der Waals surface area contributed by atoms with E-state index >= 15 is 0 Å². The van der Waals surface area contributed by atoms with Crippen LogP contribution < -0.4 is 10.6 Å². The van der Waals surface area contributed by atoms with E-state index in [1.165, 1.54) is 0 Å². The Hall–Kier alpha value is -1.73. The monoisotopic (exact) mass is 307 g/mol. The zero-order valence-corrected chi connectivity index (χ0v) is 13.2. The van der Waals surface area contributed by atoms with Crippen molar-refractivity contribution >= 4 is 17.5 Å². The predicted molar refractivity (Wildman–Crippen MR) is 85.9 cm³/mol. The van der Waals surface area contributed by atoms with E-state index < -0.39 is 0 Å². The Labute approximate surface area is 131 Å². The molecule has 0 aliphatic carbocycles. The van der Waals surface area contributed by atoms with Crippen LogP contribution in [0.1, 0.15) is 26.2 Å². The van der Waals surface area contributed by atoms with E-state index in [1.54, 1.807) is 6.07 Å². The van der Waals surface area contributed by atoms with Gasteiger partial charge < -0.3 is 15.4 Å². The molecule has 2 N–H and O–H groups in total. The number of nitrogens with one attached hydrogen (secondary N) is 2. The highest BCUT2D eigenvalue weighted by Gasteiger charge is 2.09. The van der Waals surface area contributed by atoms with Gasteiger partial charge in [-0.3, -0.25) is 9.69 Å². The van der Waals surface area contributed by atoms with Gasteiger partial charge in [-0.2, -0.15) is 0 Å². The van der Waals surface area contributed by atoms with Gasteiger partial charge in [0.15, 0.2) is 5.82 Å². The fourth-order valence-corrected chi connectivity index (χ4v) is 2.20. The highest BCUT2D eigenvalue weighted by Crippen LogP contribution is 2.07. The number of ether oxygens (including phenoxy) is 1. The third-order valence-electron chi connectivity index (χ3n) is 3.53. The number of carbonyl (C=O) groups is 1. The van der Waals surface area contributed by atoms with E-state index in [9.17, 15) is 4.79 Å². The molecule has 0 atom stereocenters. The first-order chi connectivity index (χ1) is 10.8. The van der Waals surface area contributed by atoms with Crippen molar-refractivity contribution in [2.45, 2.75) is 26.2 Å². The number of amides is 1. The summed E-state index contributed by atoms with van der Waals surface area (Å²) in [6.07, 6.45) is 2.42. The van der Waals surface area contributed by atoms with Crippen molar-refractivity contribution in [3.05, 3.63) is 12.1 Å². The molecule has 0 spiro atoms. The van der Waals surface area contributed by atoms with Crippen LogP contribution in [0.3, 0.4) is 0 Å². The number of hydrogen-bond acceptors (Lipinski definition) is 6.